The average molecular weight is 215 g/mol. The van der Waals surface area contributed by atoms with Crippen LogP contribution in [0.5, 0.6) is 0 Å². The van der Waals surface area contributed by atoms with Crippen molar-refractivity contribution in [3.05, 3.63) is 0 Å². The minimum atomic E-state index is -0.736. The first-order chi connectivity index (χ1) is 6.26. The van der Waals surface area contributed by atoms with Crippen LogP contribution in [-0.2, 0) is 4.79 Å². The molecule has 1 amide bonds. The number of nitriles is 1. The highest BCUT2D eigenvalue weighted by atomic mass is 35.5. The van der Waals surface area contributed by atoms with Crippen LogP contribution in [-0.4, -0.2) is 10.8 Å². The van der Waals surface area contributed by atoms with E-state index in [9.17, 15) is 4.79 Å². The molecule has 4 atom stereocenters. The summed E-state index contributed by atoms with van der Waals surface area (Å²) in [6.45, 7) is 5.80. The van der Waals surface area contributed by atoms with Gasteiger partial charge in [-0.3, -0.25) is 4.79 Å². The maximum Gasteiger partial charge on any atom is 0.235 e. The first-order valence-electron chi connectivity index (χ1n) is 4.64. The maximum atomic E-state index is 11.0. The Labute approximate surface area is 89.2 Å². The summed E-state index contributed by atoms with van der Waals surface area (Å²) < 4.78 is 0. The molecule has 4 heteroatoms. The van der Waals surface area contributed by atoms with Gasteiger partial charge in [0.25, 0.3) is 0 Å². The summed E-state index contributed by atoms with van der Waals surface area (Å²) in [4.78, 5) is 10.7. The van der Waals surface area contributed by atoms with Crippen molar-refractivity contribution in [3.8, 4) is 6.07 Å². The minimum absolute atomic E-state index is 0.0903. The zero-order chi connectivity index (χ0) is 11.1. The van der Waals surface area contributed by atoms with E-state index in [-0.39, 0.29) is 16.2 Å². The average Bonchev–Trinajstić information content (AvgIpc) is 2.53. The fraction of sp³-hybridized carbons (Fsp3) is 0.800. The van der Waals surface area contributed by atoms with Crippen LogP contribution in [0, 0.1) is 28.6 Å². The number of carbonyl (C=O) groups is 1. The van der Waals surface area contributed by atoms with E-state index in [0.717, 1.165) is 6.42 Å². The standard InChI is InChI=1S/C10H15ClN2O/c1-6(7(4-12)8(13)14)9(2)5-10(9,3)11/h6-7H,5H2,1-3H3,(H2,13,14). The van der Waals surface area contributed by atoms with Gasteiger partial charge in [-0.15, -0.1) is 11.6 Å². The molecule has 0 spiro atoms. The molecule has 0 aliphatic heterocycles. The summed E-state index contributed by atoms with van der Waals surface area (Å²) in [6, 6.07) is 1.95. The van der Waals surface area contributed by atoms with Crippen LogP contribution in [0.2, 0.25) is 0 Å². The molecule has 1 saturated carbocycles. The van der Waals surface area contributed by atoms with E-state index in [4.69, 9.17) is 22.6 Å². The number of hydrogen-bond donors (Lipinski definition) is 1. The maximum absolute atomic E-state index is 11.0. The van der Waals surface area contributed by atoms with E-state index in [2.05, 4.69) is 0 Å². The molecule has 2 N–H and O–H groups in total. The van der Waals surface area contributed by atoms with E-state index in [1.165, 1.54) is 0 Å². The second kappa shape index (κ2) is 3.13. The Kier molecular flexibility index (Phi) is 2.53. The van der Waals surface area contributed by atoms with Crippen molar-refractivity contribution in [1.82, 2.24) is 0 Å². The molecule has 0 aromatic rings. The predicted octanol–water partition coefficient (Wildman–Crippen LogP) is 1.66. The number of alkyl halides is 1. The summed E-state index contributed by atoms with van der Waals surface area (Å²) in [7, 11) is 0. The monoisotopic (exact) mass is 214 g/mol. The van der Waals surface area contributed by atoms with Gasteiger partial charge in [-0.25, -0.2) is 0 Å². The largest absolute Gasteiger partial charge is 0.369 e. The molecule has 0 bridgehead atoms. The summed E-state index contributed by atoms with van der Waals surface area (Å²) in [5.74, 6) is -1.38. The van der Waals surface area contributed by atoms with Crippen molar-refractivity contribution in [3.63, 3.8) is 0 Å². The molecule has 1 aliphatic carbocycles. The summed E-state index contributed by atoms with van der Waals surface area (Å²) in [5, 5.41) is 8.83. The molecule has 0 saturated heterocycles. The van der Waals surface area contributed by atoms with Crippen molar-refractivity contribution >= 4 is 17.5 Å². The van der Waals surface area contributed by atoms with Crippen molar-refractivity contribution in [2.24, 2.45) is 23.0 Å². The molecule has 4 unspecified atom stereocenters. The SMILES string of the molecule is CC(C(C#N)C(N)=O)C1(C)CC1(C)Cl. The van der Waals surface area contributed by atoms with Gasteiger partial charge in [0.1, 0.15) is 5.92 Å². The fourth-order valence-corrected chi connectivity index (χ4v) is 2.52. The summed E-state index contributed by atoms with van der Waals surface area (Å²) >= 11 is 6.19. The third-order valence-corrected chi connectivity index (χ3v) is 4.28. The fourth-order valence-electron chi connectivity index (χ4n) is 2.07. The molecule has 1 aliphatic rings. The number of rotatable bonds is 3. The molecule has 78 valence electrons. The van der Waals surface area contributed by atoms with Gasteiger partial charge >= 0.3 is 0 Å². The van der Waals surface area contributed by atoms with Gasteiger partial charge in [0.05, 0.1) is 6.07 Å². The Morgan fingerprint density at radius 3 is 2.29 bits per heavy atom. The number of hydrogen-bond acceptors (Lipinski definition) is 2. The van der Waals surface area contributed by atoms with Crippen molar-refractivity contribution < 1.29 is 4.79 Å². The van der Waals surface area contributed by atoms with Crippen molar-refractivity contribution in [2.45, 2.75) is 32.1 Å². The predicted molar refractivity (Wildman–Crippen MR) is 54.4 cm³/mol. The Hall–Kier alpha value is -0.750. The molecule has 3 nitrogen and oxygen atoms in total. The summed E-state index contributed by atoms with van der Waals surface area (Å²) in [5.41, 5.74) is 5.01. The molecule has 1 rings (SSSR count). The molecule has 0 aromatic carbocycles. The first kappa shape index (κ1) is 11.3. The van der Waals surface area contributed by atoms with Crippen LogP contribution in [0.25, 0.3) is 0 Å². The van der Waals surface area contributed by atoms with Gasteiger partial charge in [0.2, 0.25) is 5.91 Å². The highest BCUT2D eigenvalue weighted by Gasteiger charge is 2.64. The normalized spacial score (nSPS) is 39.6. The number of halogens is 1. The Bertz CT molecular complexity index is 308. The van der Waals surface area contributed by atoms with Crippen LogP contribution in [0.15, 0.2) is 0 Å². The molecule has 0 aromatic heterocycles. The zero-order valence-electron chi connectivity index (χ0n) is 8.67. The topological polar surface area (TPSA) is 66.9 Å². The van der Waals surface area contributed by atoms with Crippen molar-refractivity contribution in [2.75, 3.05) is 0 Å². The van der Waals surface area contributed by atoms with Gasteiger partial charge in [-0.2, -0.15) is 5.26 Å². The smallest absolute Gasteiger partial charge is 0.235 e. The lowest BCUT2D eigenvalue weighted by Gasteiger charge is -2.24. The number of nitrogens with zero attached hydrogens (tertiary/aromatic N) is 1. The molecule has 0 radical (unpaired) electrons. The van der Waals surface area contributed by atoms with Crippen LogP contribution in [0.3, 0.4) is 0 Å². The van der Waals surface area contributed by atoms with E-state index in [1.807, 2.05) is 26.8 Å². The van der Waals surface area contributed by atoms with E-state index in [0.29, 0.717) is 0 Å². The Morgan fingerprint density at radius 1 is 1.64 bits per heavy atom. The second-order valence-corrected chi connectivity index (χ2v) is 5.42. The molecule has 1 fully saturated rings. The van der Waals surface area contributed by atoms with Gasteiger partial charge < -0.3 is 5.73 Å². The minimum Gasteiger partial charge on any atom is -0.369 e. The summed E-state index contributed by atoms with van der Waals surface area (Å²) in [6.07, 6.45) is 0.828. The Morgan fingerprint density at radius 2 is 2.07 bits per heavy atom. The van der Waals surface area contributed by atoms with Gasteiger partial charge in [-0.1, -0.05) is 13.8 Å². The highest BCUT2D eigenvalue weighted by molar-refractivity contribution is 6.26. The highest BCUT2D eigenvalue weighted by Crippen LogP contribution is 2.65. The molecular weight excluding hydrogens is 200 g/mol. The van der Waals surface area contributed by atoms with Crippen LogP contribution in [0.1, 0.15) is 27.2 Å². The van der Waals surface area contributed by atoms with E-state index in [1.54, 1.807) is 0 Å². The van der Waals surface area contributed by atoms with Crippen LogP contribution in [0.4, 0.5) is 0 Å². The third kappa shape index (κ3) is 1.48. The number of amides is 1. The van der Waals surface area contributed by atoms with Gasteiger partial charge in [0, 0.05) is 4.87 Å². The van der Waals surface area contributed by atoms with Crippen LogP contribution >= 0.6 is 11.6 Å². The van der Waals surface area contributed by atoms with E-state index >= 15 is 0 Å². The van der Waals surface area contributed by atoms with E-state index < -0.39 is 11.8 Å². The lowest BCUT2D eigenvalue weighted by molar-refractivity contribution is -0.122. The van der Waals surface area contributed by atoms with Gasteiger partial charge in [-0.05, 0) is 24.7 Å². The lowest BCUT2D eigenvalue weighted by atomic mass is 9.80. The number of carbonyl (C=O) groups excluding carboxylic acids is 1. The molecule has 0 heterocycles. The zero-order valence-corrected chi connectivity index (χ0v) is 9.43. The molecular formula is C10H15ClN2O. The lowest BCUT2D eigenvalue weighted by Crippen LogP contribution is -2.33. The quantitative estimate of drug-likeness (QED) is 0.726. The Balaban J connectivity index is 2.82. The van der Waals surface area contributed by atoms with Crippen molar-refractivity contribution in [1.29, 1.82) is 5.26 Å². The number of primary amides is 1. The third-order valence-electron chi connectivity index (χ3n) is 3.72. The second-order valence-electron chi connectivity index (χ2n) is 4.59. The number of nitrogens with two attached hydrogens (primary N) is 1. The first-order valence-corrected chi connectivity index (χ1v) is 5.02. The molecule has 14 heavy (non-hydrogen) atoms. The van der Waals surface area contributed by atoms with Gasteiger partial charge in [0.15, 0.2) is 0 Å². The van der Waals surface area contributed by atoms with Crippen LogP contribution < -0.4 is 5.73 Å².